The van der Waals surface area contributed by atoms with Crippen LogP contribution in [0.3, 0.4) is 0 Å². The van der Waals surface area contributed by atoms with Gasteiger partial charge in [0, 0.05) is 12.1 Å². The van der Waals surface area contributed by atoms with Crippen LogP contribution in [0.2, 0.25) is 0 Å². The van der Waals surface area contributed by atoms with Crippen LogP contribution in [0.5, 0.6) is 0 Å². The summed E-state index contributed by atoms with van der Waals surface area (Å²) < 4.78 is 5.07. The molecule has 1 aromatic heterocycles. The zero-order valence-electron chi connectivity index (χ0n) is 12.3. The van der Waals surface area contributed by atoms with Crippen molar-refractivity contribution < 1.29 is 14.4 Å². The quantitative estimate of drug-likeness (QED) is 0.885. The van der Waals surface area contributed by atoms with E-state index in [9.17, 15) is 4.79 Å². The van der Waals surface area contributed by atoms with Crippen molar-refractivity contribution in [1.29, 1.82) is 0 Å². The molecule has 2 bridgehead atoms. The molecule has 0 radical (unpaired) electrons. The van der Waals surface area contributed by atoms with Gasteiger partial charge in [-0.1, -0.05) is 25.9 Å². The molecule has 1 heterocycles. The summed E-state index contributed by atoms with van der Waals surface area (Å²) in [6.07, 6.45) is 3.89. The van der Waals surface area contributed by atoms with Crippen molar-refractivity contribution in [3.8, 4) is 0 Å². The van der Waals surface area contributed by atoms with Crippen LogP contribution < -0.4 is 5.32 Å². The Labute approximate surface area is 118 Å². The fourth-order valence-electron chi connectivity index (χ4n) is 4.51. The number of hydrogen-bond donors (Lipinski definition) is 2. The number of aromatic nitrogens is 1. The van der Waals surface area contributed by atoms with Crippen LogP contribution in [0.15, 0.2) is 10.6 Å². The van der Waals surface area contributed by atoms with Gasteiger partial charge in [0.25, 0.3) is 0 Å². The topological polar surface area (TPSA) is 75.4 Å². The minimum absolute atomic E-state index is 0.0276. The highest BCUT2D eigenvalue weighted by Crippen LogP contribution is 2.62. The van der Waals surface area contributed by atoms with Gasteiger partial charge in [-0.15, -0.1) is 0 Å². The highest BCUT2D eigenvalue weighted by Gasteiger charge is 2.58. The van der Waals surface area contributed by atoms with Crippen molar-refractivity contribution in [3.63, 3.8) is 0 Å². The van der Waals surface area contributed by atoms with E-state index < -0.39 is 5.97 Å². The van der Waals surface area contributed by atoms with Crippen LogP contribution in [0.4, 0.5) is 0 Å². The number of aromatic carboxylic acids is 1. The van der Waals surface area contributed by atoms with Crippen molar-refractivity contribution in [2.24, 2.45) is 16.7 Å². The van der Waals surface area contributed by atoms with E-state index in [1.807, 2.05) is 0 Å². The van der Waals surface area contributed by atoms with Crippen LogP contribution in [-0.2, 0) is 6.54 Å². The Morgan fingerprint density at radius 2 is 2.30 bits per heavy atom. The second kappa shape index (κ2) is 4.32. The molecule has 3 unspecified atom stereocenters. The van der Waals surface area contributed by atoms with E-state index in [0.29, 0.717) is 23.8 Å². The Bertz CT molecular complexity index is 532. The average Bonchev–Trinajstić information content (AvgIpc) is 2.99. The SMILES string of the molecule is CC12CCC(C1)C(C)(C)C2NCc1cc(C(=O)O)no1. The van der Waals surface area contributed by atoms with E-state index in [0.717, 1.165) is 5.92 Å². The summed E-state index contributed by atoms with van der Waals surface area (Å²) >= 11 is 0. The van der Waals surface area contributed by atoms with Crippen LogP contribution in [0.25, 0.3) is 0 Å². The molecule has 20 heavy (non-hydrogen) atoms. The molecule has 3 atom stereocenters. The van der Waals surface area contributed by atoms with Gasteiger partial charge >= 0.3 is 5.97 Å². The standard InChI is InChI=1S/C15H22N2O3/c1-14(2)9-4-5-15(3,7-9)13(14)16-8-10-6-11(12(18)19)17-20-10/h6,9,13,16H,4-5,7-8H2,1-3H3,(H,18,19). The first kappa shape index (κ1) is 13.6. The van der Waals surface area contributed by atoms with Gasteiger partial charge in [0.1, 0.15) is 0 Å². The lowest BCUT2D eigenvalue weighted by molar-refractivity contribution is 0.0685. The zero-order chi connectivity index (χ0) is 14.5. The molecule has 110 valence electrons. The molecule has 2 saturated carbocycles. The van der Waals surface area contributed by atoms with Gasteiger partial charge in [-0.05, 0) is 36.0 Å². The van der Waals surface area contributed by atoms with E-state index >= 15 is 0 Å². The number of carboxylic acid groups (broad SMARTS) is 1. The van der Waals surface area contributed by atoms with Gasteiger partial charge < -0.3 is 14.9 Å². The van der Waals surface area contributed by atoms with E-state index in [2.05, 4.69) is 31.2 Å². The highest BCUT2D eigenvalue weighted by molar-refractivity contribution is 5.85. The maximum absolute atomic E-state index is 10.8. The van der Waals surface area contributed by atoms with Gasteiger partial charge in [0.05, 0.1) is 6.54 Å². The van der Waals surface area contributed by atoms with Crippen molar-refractivity contribution in [2.75, 3.05) is 0 Å². The van der Waals surface area contributed by atoms with Crippen LogP contribution in [0.1, 0.15) is 56.3 Å². The first-order chi connectivity index (χ1) is 9.33. The fraction of sp³-hybridized carbons (Fsp3) is 0.733. The molecule has 0 amide bonds. The largest absolute Gasteiger partial charge is 0.476 e. The Hall–Kier alpha value is -1.36. The number of nitrogens with one attached hydrogen (secondary N) is 1. The summed E-state index contributed by atoms with van der Waals surface area (Å²) in [6.45, 7) is 7.57. The van der Waals surface area contributed by atoms with E-state index in [-0.39, 0.29) is 11.1 Å². The summed E-state index contributed by atoms with van der Waals surface area (Å²) in [5, 5.41) is 16.0. The van der Waals surface area contributed by atoms with Gasteiger partial charge in [-0.3, -0.25) is 0 Å². The number of nitrogens with zero attached hydrogens (tertiary/aromatic N) is 1. The average molecular weight is 278 g/mol. The first-order valence-corrected chi connectivity index (χ1v) is 7.25. The number of carboxylic acids is 1. The Balaban J connectivity index is 1.70. The fourth-order valence-corrected chi connectivity index (χ4v) is 4.51. The first-order valence-electron chi connectivity index (χ1n) is 7.25. The third-order valence-electron chi connectivity index (χ3n) is 5.53. The van der Waals surface area contributed by atoms with Crippen LogP contribution >= 0.6 is 0 Å². The maximum atomic E-state index is 10.8. The molecule has 2 aliphatic rings. The van der Waals surface area contributed by atoms with Crippen LogP contribution in [-0.4, -0.2) is 22.3 Å². The molecule has 0 spiro atoms. The summed E-state index contributed by atoms with van der Waals surface area (Å²) in [5.41, 5.74) is 0.604. The Morgan fingerprint density at radius 1 is 1.55 bits per heavy atom. The molecular formula is C15H22N2O3. The van der Waals surface area contributed by atoms with Gasteiger partial charge in [0.15, 0.2) is 11.5 Å². The molecule has 2 N–H and O–H groups in total. The Kier molecular flexibility index (Phi) is 2.94. The van der Waals surface area contributed by atoms with Crippen molar-refractivity contribution >= 4 is 5.97 Å². The lowest BCUT2D eigenvalue weighted by atomic mass is 9.68. The summed E-state index contributed by atoms with van der Waals surface area (Å²) in [6, 6.07) is 1.94. The third-order valence-corrected chi connectivity index (χ3v) is 5.53. The Morgan fingerprint density at radius 3 is 2.85 bits per heavy atom. The molecule has 0 aliphatic heterocycles. The van der Waals surface area contributed by atoms with Crippen molar-refractivity contribution in [3.05, 3.63) is 17.5 Å². The number of rotatable bonds is 4. The molecular weight excluding hydrogens is 256 g/mol. The number of fused-ring (bicyclic) bond motifs is 2. The molecule has 0 aromatic carbocycles. The number of hydrogen-bond acceptors (Lipinski definition) is 4. The van der Waals surface area contributed by atoms with Gasteiger partial charge in [-0.2, -0.15) is 0 Å². The summed E-state index contributed by atoms with van der Waals surface area (Å²) in [5.74, 6) is 0.325. The second-order valence-corrected chi connectivity index (χ2v) is 7.21. The molecule has 1 aromatic rings. The van der Waals surface area contributed by atoms with Crippen LogP contribution in [0, 0.1) is 16.7 Å². The monoisotopic (exact) mass is 278 g/mol. The minimum atomic E-state index is -1.05. The molecule has 0 saturated heterocycles. The molecule has 2 fully saturated rings. The minimum Gasteiger partial charge on any atom is -0.476 e. The highest BCUT2D eigenvalue weighted by atomic mass is 16.5. The maximum Gasteiger partial charge on any atom is 0.358 e. The molecule has 2 aliphatic carbocycles. The smallest absolute Gasteiger partial charge is 0.358 e. The number of carbonyl (C=O) groups is 1. The molecule has 5 nitrogen and oxygen atoms in total. The lowest BCUT2D eigenvalue weighted by Crippen LogP contribution is -2.49. The normalized spacial score (nSPS) is 34.5. The van der Waals surface area contributed by atoms with Crippen molar-refractivity contribution in [1.82, 2.24) is 10.5 Å². The summed E-state index contributed by atoms with van der Waals surface area (Å²) in [7, 11) is 0. The molecule has 5 heteroatoms. The zero-order valence-corrected chi connectivity index (χ0v) is 12.3. The lowest BCUT2D eigenvalue weighted by Gasteiger charge is -2.43. The predicted octanol–water partition coefficient (Wildman–Crippen LogP) is 2.68. The van der Waals surface area contributed by atoms with Gasteiger partial charge in [-0.25, -0.2) is 4.79 Å². The third kappa shape index (κ3) is 1.95. The van der Waals surface area contributed by atoms with Gasteiger partial charge in [0.2, 0.25) is 0 Å². The van der Waals surface area contributed by atoms with Crippen molar-refractivity contribution in [2.45, 2.75) is 52.6 Å². The predicted molar refractivity (Wildman–Crippen MR) is 73.3 cm³/mol. The van der Waals surface area contributed by atoms with E-state index in [1.165, 1.54) is 25.3 Å². The van der Waals surface area contributed by atoms with E-state index in [4.69, 9.17) is 9.63 Å². The molecule has 3 rings (SSSR count). The second-order valence-electron chi connectivity index (χ2n) is 7.21. The van der Waals surface area contributed by atoms with E-state index in [1.54, 1.807) is 0 Å². The summed E-state index contributed by atoms with van der Waals surface area (Å²) in [4.78, 5) is 10.8.